The third kappa shape index (κ3) is 3.90. The van der Waals surface area contributed by atoms with Gasteiger partial charge in [-0.1, -0.05) is 36.4 Å². The summed E-state index contributed by atoms with van der Waals surface area (Å²) in [6, 6.07) is 11.3. The maximum atomic E-state index is 12.8. The zero-order valence-corrected chi connectivity index (χ0v) is 15.7. The Balaban J connectivity index is 1.45. The molecule has 142 valence electrons. The van der Waals surface area contributed by atoms with E-state index < -0.39 is 9.84 Å². The van der Waals surface area contributed by atoms with Crippen molar-refractivity contribution in [1.82, 2.24) is 14.7 Å². The molecule has 1 saturated heterocycles. The normalized spacial score (nSPS) is 21.7. The van der Waals surface area contributed by atoms with Crippen molar-refractivity contribution in [2.75, 3.05) is 29.9 Å². The van der Waals surface area contributed by atoms with Crippen molar-refractivity contribution in [1.29, 1.82) is 0 Å². The molecule has 1 aromatic carbocycles. The molecule has 1 fully saturated rings. The van der Waals surface area contributed by atoms with E-state index in [9.17, 15) is 13.2 Å². The molecule has 2 amide bonds. The molecule has 0 saturated carbocycles. The van der Waals surface area contributed by atoms with Crippen molar-refractivity contribution in [2.24, 2.45) is 0 Å². The van der Waals surface area contributed by atoms with Crippen molar-refractivity contribution in [3.8, 4) is 0 Å². The largest absolute Gasteiger partial charge is 0.323 e. The number of rotatable bonds is 3. The highest BCUT2D eigenvalue weighted by Crippen LogP contribution is 2.27. The highest BCUT2D eigenvalue weighted by atomic mass is 32.2. The summed E-state index contributed by atoms with van der Waals surface area (Å²) in [6.45, 7) is 1.19. The maximum absolute atomic E-state index is 12.8. The average molecular weight is 386 g/mol. The number of carbonyl (C=O) groups excluding carboxylic acids is 1. The summed E-state index contributed by atoms with van der Waals surface area (Å²) in [5.74, 6) is 0.780. The van der Waals surface area contributed by atoms with E-state index in [-0.39, 0.29) is 23.6 Å². The number of sulfone groups is 1. The molecule has 0 bridgehead atoms. The minimum absolute atomic E-state index is 0.0716. The first-order valence-electron chi connectivity index (χ1n) is 9.06. The standard InChI is InChI=1S/C19H22N4O3S/c24-19(22-11-4-7-16(13-22)15-5-2-1-3-6-15)21-18-8-10-20-23(18)17-9-12-27(25,26)14-17/h1-3,5-8,10,17H,4,9,11-14H2,(H,21,24). The number of anilines is 1. The van der Waals surface area contributed by atoms with Crippen LogP contribution in [0.4, 0.5) is 10.6 Å². The Morgan fingerprint density at radius 2 is 2.00 bits per heavy atom. The Labute approximate surface area is 158 Å². The SMILES string of the molecule is O=C(Nc1ccnn1C1CCS(=O)(=O)C1)N1CCC=C(c2ccccc2)C1. The third-order valence-corrected chi connectivity index (χ3v) is 6.79. The molecule has 27 heavy (non-hydrogen) atoms. The van der Waals surface area contributed by atoms with Gasteiger partial charge in [-0.3, -0.25) is 5.32 Å². The molecule has 4 rings (SSSR count). The maximum Gasteiger partial charge on any atom is 0.323 e. The van der Waals surface area contributed by atoms with E-state index in [1.165, 1.54) is 0 Å². The van der Waals surface area contributed by atoms with Crippen molar-refractivity contribution in [3.05, 3.63) is 54.2 Å². The van der Waals surface area contributed by atoms with E-state index in [0.29, 0.717) is 25.3 Å². The number of benzene rings is 1. The minimum Gasteiger partial charge on any atom is -0.320 e. The van der Waals surface area contributed by atoms with Crippen LogP contribution in [0.1, 0.15) is 24.4 Å². The monoisotopic (exact) mass is 386 g/mol. The van der Waals surface area contributed by atoms with Crippen molar-refractivity contribution in [3.63, 3.8) is 0 Å². The topological polar surface area (TPSA) is 84.3 Å². The van der Waals surface area contributed by atoms with Crippen LogP contribution in [0, 0.1) is 0 Å². The Kier molecular flexibility index (Phi) is 4.73. The van der Waals surface area contributed by atoms with E-state index in [2.05, 4.69) is 16.5 Å². The zero-order valence-electron chi connectivity index (χ0n) is 14.9. The van der Waals surface area contributed by atoms with Crippen LogP contribution in [-0.4, -0.2) is 53.7 Å². The molecule has 2 aromatic rings. The lowest BCUT2D eigenvalue weighted by molar-refractivity contribution is 0.217. The number of hydrogen-bond acceptors (Lipinski definition) is 4. The highest BCUT2D eigenvalue weighted by molar-refractivity contribution is 7.91. The molecule has 0 radical (unpaired) electrons. The van der Waals surface area contributed by atoms with Crippen LogP contribution in [-0.2, 0) is 9.84 Å². The smallest absolute Gasteiger partial charge is 0.320 e. The predicted octanol–water partition coefficient (Wildman–Crippen LogP) is 2.56. The number of nitrogens with one attached hydrogen (secondary N) is 1. The molecule has 1 atom stereocenters. The van der Waals surface area contributed by atoms with Gasteiger partial charge in [0, 0.05) is 19.2 Å². The van der Waals surface area contributed by atoms with Gasteiger partial charge in [-0.15, -0.1) is 0 Å². The first kappa shape index (κ1) is 17.8. The quantitative estimate of drug-likeness (QED) is 0.879. The van der Waals surface area contributed by atoms with Gasteiger partial charge in [0.25, 0.3) is 0 Å². The highest BCUT2D eigenvalue weighted by Gasteiger charge is 2.31. The van der Waals surface area contributed by atoms with Gasteiger partial charge in [0.2, 0.25) is 0 Å². The van der Waals surface area contributed by atoms with Gasteiger partial charge in [0.05, 0.1) is 23.7 Å². The fourth-order valence-corrected chi connectivity index (χ4v) is 5.33. The van der Waals surface area contributed by atoms with Crippen LogP contribution in [0.2, 0.25) is 0 Å². The zero-order chi connectivity index (χ0) is 18.9. The Bertz CT molecular complexity index is 966. The average Bonchev–Trinajstić information content (AvgIpc) is 3.28. The minimum atomic E-state index is -3.02. The molecule has 8 heteroatoms. The van der Waals surface area contributed by atoms with Gasteiger partial charge in [-0.05, 0) is 24.0 Å². The fraction of sp³-hybridized carbons (Fsp3) is 0.368. The summed E-state index contributed by atoms with van der Waals surface area (Å²) < 4.78 is 25.1. The van der Waals surface area contributed by atoms with Crippen molar-refractivity contribution < 1.29 is 13.2 Å². The lowest BCUT2D eigenvalue weighted by Crippen LogP contribution is -2.39. The lowest BCUT2D eigenvalue weighted by Gasteiger charge is -2.28. The Morgan fingerprint density at radius 3 is 2.74 bits per heavy atom. The van der Waals surface area contributed by atoms with Gasteiger partial charge < -0.3 is 4.90 Å². The Morgan fingerprint density at radius 1 is 1.19 bits per heavy atom. The van der Waals surface area contributed by atoms with Gasteiger partial charge in [-0.2, -0.15) is 5.10 Å². The Hall–Kier alpha value is -2.61. The third-order valence-electron chi connectivity index (χ3n) is 5.04. The number of urea groups is 1. The summed E-state index contributed by atoms with van der Waals surface area (Å²) >= 11 is 0. The number of hydrogen-bond donors (Lipinski definition) is 1. The van der Waals surface area contributed by atoms with Gasteiger partial charge in [-0.25, -0.2) is 17.9 Å². The van der Waals surface area contributed by atoms with Crippen molar-refractivity contribution in [2.45, 2.75) is 18.9 Å². The van der Waals surface area contributed by atoms with Crippen LogP contribution in [0.25, 0.3) is 5.57 Å². The number of carbonyl (C=O) groups is 1. The number of aromatic nitrogens is 2. The molecule has 2 aliphatic heterocycles. The van der Waals surface area contributed by atoms with E-state index in [1.54, 1.807) is 21.8 Å². The lowest BCUT2D eigenvalue weighted by atomic mass is 10.0. The van der Waals surface area contributed by atoms with Gasteiger partial charge in [0.15, 0.2) is 9.84 Å². The molecule has 1 N–H and O–H groups in total. The molecule has 0 spiro atoms. The summed E-state index contributed by atoms with van der Waals surface area (Å²) in [7, 11) is -3.02. The van der Waals surface area contributed by atoms with Gasteiger partial charge in [0.1, 0.15) is 5.82 Å². The molecule has 1 unspecified atom stereocenters. The van der Waals surface area contributed by atoms with Crippen LogP contribution < -0.4 is 5.32 Å². The summed E-state index contributed by atoms with van der Waals surface area (Å²) in [5.41, 5.74) is 2.25. The fourth-order valence-electron chi connectivity index (χ4n) is 3.64. The van der Waals surface area contributed by atoms with Crippen LogP contribution in [0.3, 0.4) is 0 Å². The number of amides is 2. The van der Waals surface area contributed by atoms with E-state index in [0.717, 1.165) is 17.6 Å². The predicted molar refractivity (Wildman–Crippen MR) is 104 cm³/mol. The second kappa shape index (κ2) is 7.19. The van der Waals surface area contributed by atoms with Crippen LogP contribution in [0.15, 0.2) is 48.7 Å². The van der Waals surface area contributed by atoms with Crippen molar-refractivity contribution >= 4 is 27.3 Å². The molecule has 2 aliphatic rings. The van der Waals surface area contributed by atoms with E-state index in [1.807, 2.05) is 30.3 Å². The first-order valence-corrected chi connectivity index (χ1v) is 10.9. The summed E-state index contributed by atoms with van der Waals surface area (Å²) in [5, 5.41) is 7.13. The second-order valence-electron chi connectivity index (χ2n) is 6.95. The molecular formula is C19H22N4O3S. The number of nitrogens with zero attached hydrogens (tertiary/aromatic N) is 3. The summed E-state index contributed by atoms with van der Waals surface area (Å²) in [6.07, 6.45) is 5.09. The van der Waals surface area contributed by atoms with E-state index >= 15 is 0 Å². The van der Waals surface area contributed by atoms with Gasteiger partial charge >= 0.3 is 6.03 Å². The van der Waals surface area contributed by atoms with Crippen LogP contribution in [0.5, 0.6) is 0 Å². The molecule has 3 heterocycles. The summed E-state index contributed by atoms with van der Waals surface area (Å²) in [4.78, 5) is 14.5. The van der Waals surface area contributed by atoms with E-state index in [4.69, 9.17) is 0 Å². The molecule has 7 nitrogen and oxygen atoms in total. The molecule has 1 aromatic heterocycles. The first-order chi connectivity index (χ1) is 13.0. The molecule has 0 aliphatic carbocycles. The van der Waals surface area contributed by atoms with Crippen LogP contribution >= 0.6 is 0 Å². The second-order valence-corrected chi connectivity index (χ2v) is 9.18. The molecular weight excluding hydrogens is 364 g/mol.